The summed E-state index contributed by atoms with van der Waals surface area (Å²) in [7, 11) is 1.46. The average Bonchev–Trinajstić information content (AvgIpc) is 2.80. The highest BCUT2D eigenvalue weighted by Crippen LogP contribution is 2.34. The van der Waals surface area contributed by atoms with Crippen molar-refractivity contribution >= 4 is 22.4 Å². The van der Waals surface area contributed by atoms with E-state index in [9.17, 15) is 24.6 Å². The minimum absolute atomic E-state index is 0.0384. The number of pyridine rings is 2. The Morgan fingerprint density at radius 1 is 1.16 bits per heavy atom. The molecule has 0 spiro atoms. The molecule has 1 aromatic carbocycles. The van der Waals surface area contributed by atoms with E-state index in [2.05, 4.69) is 9.88 Å². The summed E-state index contributed by atoms with van der Waals surface area (Å²) in [5.41, 5.74) is 0.683. The maximum atomic E-state index is 13.2. The first-order valence-electron chi connectivity index (χ1n) is 10.1. The number of rotatable bonds is 4. The third-order valence-corrected chi connectivity index (χ3v) is 6.02. The molecule has 9 nitrogen and oxygen atoms in total. The zero-order valence-electron chi connectivity index (χ0n) is 17.7. The van der Waals surface area contributed by atoms with E-state index in [4.69, 9.17) is 0 Å². The van der Waals surface area contributed by atoms with Gasteiger partial charge in [0.05, 0.1) is 10.4 Å². The van der Waals surface area contributed by atoms with Gasteiger partial charge >= 0.3 is 11.2 Å². The molecule has 0 saturated carbocycles. The fourth-order valence-corrected chi connectivity index (χ4v) is 4.19. The summed E-state index contributed by atoms with van der Waals surface area (Å²) in [6.07, 6.45) is 0. The van der Waals surface area contributed by atoms with Crippen molar-refractivity contribution in [3.05, 3.63) is 73.9 Å². The van der Waals surface area contributed by atoms with Gasteiger partial charge in [-0.1, -0.05) is 12.1 Å². The molecule has 2 aromatic heterocycles. The van der Waals surface area contributed by atoms with Gasteiger partial charge in [-0.15, -0.1) is 0 Å². The number of hydrogen-bond donors (Lipinski definition) is 0. The number of aryl methyl sites for hydroxylation is 1. The van der Waals surface area contributed by atoms with E-state index in [-0.39, 0.29) is 28.8 Å². The van der Waals surface area contributed by atoms with Crippen molar-refractivity contribution in [3.63, 3.8) is 0 Å². The topological polar surface area (TPSA) is 108 Å². The lowest BCUT2D eigenvalue weighted by molar-refractivity contribution is -0.385. The third kappa shape index (κ3) is 3.67. The SMILES string of the molecule is C[C@H](c1ccc(F)cc1)N1CCN(c2c([N+](=O)[O-])c(=O)n(C)c3ccc(C#N)nc23)CC1. The Hall–Kier alpha value is -3.84. The molecule has 3 heterocycles. The minimum Gasteiger partial charge on any atom is -0.361 e. The number of aromatic nitrogens is 2. The van der Waals surface area contributed by atoms with Gasteiger partial charge in [-0.25, -0.2) is 9.37 Å². The maximum Gasteiger partial charge on any atom is 0.359 e. The Morgan fingerprint density at radius 3 is 2.41 bits per heavy atom. The van der Waals surface area contributed by atoms with Gasteiger partial charge in [0.15, 0.2) is 5.69 Å². The molecule has 1 fully saturated rings. The van der Waals surface area contributed by atoms with Crippen molar-refractivity contribution in [3.8, 4) is 6.07 Å². The first-order chi connectivity index (χ1) is 15.3. The lowest BCUT2D eigenvalue weighted by Crippen LogP contribution is -2.48. The number of fused-ring (bicyclic) bond motifs is 1. The lowest BCUT2D eigenvalue weighted by Gasteiger charge is -2.39. The first kappa shape index (κ1) is 21.4. The van der Waals surface area contributed by atoms with Crippen LogP contribution in [0.3, 0.4) is 0 Å². The zero-order valence-corrected chi connectivity index (χ0v) is 17.7. The molecule has 0 bridgehead atoms. The molecule has 32 heavy (non-hydrogen) atoms. The Labute approximate surface area is 183 Å². The highest BCUT2D eigenvalue weighted by Gasteiger charge is 2.32. The van der Waals surface area contributed by atoms with Crippen molar-refractivity contribution in [2.24, 2.45) is 7.05 Å². The molecular weight excluding hydrogens is 415 g/mol. The standard InChI is InChI=1S/C22H21FN6O3/c1-14(15-3-5-16(23)6-4-15)27-9-11-28(12-10-27)20-19-18(8-7-17(13-24)25-19)26(2)22(30)21(20)29(31)32/h3-8,14H,9-12H2,1-2H3/t14-/m1/s1. The van der Waals surface area contributed by atoms with Crippen LogP contribution in [0, 0.1) is 27.3 Å². The molecule has 1 aliphatic rings. The molecule has 0 radical (unpaired) electrons. The Balaban J connectivity index is 1.71. The number of anilines is 1. The summed E-state index contributed by atoms with van der Waals surface area (Å²) in [6.45, 7) is 4.08. The highest BCUT2D eigenvalue weighted by molar-refractivity contribution is 5.94. The lowest BCUT2D eigenvalue weighted by atomic mass is 10.1. The molecule has 0 N–H and O–H groups in total. The summed E-state index contributed by atoms with van der Waals surface area (Å²) in [5.74, 6) is -0.292. The molecule has 1 saturated heterocycles. The summed E-state index contributed by atoms with van der Waals surface area (Å²) >= 11 is 0. The molecule has 1 atom stereocenters. The number of nitrogens with zero attached hydrogens (tertiary/aromatic N) is 6. The van der Waals surface area contributed by atoms with Crippen LogP contribution in [0.2, 0.25) is 0 Å². The largest absolute Gasteiger partial charge is 0.361 e. The first-order valence-corrected chi connectivity index (χ1v) is 10.1. The third-order valence-electron chi connectivity index (χ3n) is 6.02. The summed E-state index contributed by atoms with van der Waals surface area (Å²) < 4.78 is 14.4. The fourth-order valence-electron chi connectivity index (χ4n) is 4.19. The summed E-state index contributed by atoms with van der Waals surface area (Å²) in [4.78, 5) is 32.3. The quantitative estimate of drug-likeness (QED) is 0.457. The summed E-state index contributed by atoms with van der Waals surface area (Å²) in [6, 6.07) is 11.4. The van der Waals surface area contributed by atoms with Crippen LogP contribution in [0.1, 0.15) is 24.2 Å². The Morgan fingerprint density at radius 2 is 1.81 bits per heavy atom. The number of nitriles is 1. The van der Waals surface area contributed by atoms with Crippen LogP contribution in [-0.2, 0) is 7.05 Å². The number of hydrogen-bond acceptors (Lipinski definition) is 7. The van der Waals surface area contributed by atoms with Gasteiger partial charge in [-0.3, -0.25) is 19.8 Å². The van der Waals surface area contributed by atoms with Crippen molar-refractivity contribution in [1.82, 2.24) is 14.5 Å². The van der Waals surface area contributed by atoms with Crippen molar-refractivity contribution in [1.29, 1.82) is 5.26 Å². The Bertz CT molecular complexity index is 1290. The van der Waals surface area contributed by atoms with Gasteiger partial charge in [0.2, 0.25) is 0 Å². The zero-order chi connectivity index (χ0) is 23.0. The minimum atomic E-state index is -0.717. The van der Waals surface area contributed by atoms with Crippen LogP contribution in [0.15, 0.2) is 41.2 Å². The number of benzene rings is 1. The normalized spacial score (nSPS) is 15.5. The van der Waals surface area contributed by atoms with E-state index in [1.165, 1.54) is 29.8 Å². The van der Waals surface area contributed by atoms with Crippen LogP contribution < -0.4 is 10.5 Å². The van der Waals surface area contributed by atoms with Gasteiger partial charge in [0.1, 0.15) is 23.1 Å². The van der Waals surface area contributed by atoms with Gasteiger partial charge in [-0.2, -0.15) is 5.26 Å². The van der Waals surface area contributed by atoms with Crippen molar-refractivity contribution in [2.75, 3.05) is 31.1 Å². The molecular formula is C22H21FN6O3. The second kappa shape index (κ2) is 8.36. The van der Waals surface area contributed by atoms with Crippen LogP contribution in [0.4, 0.5) is 15.8 Å². The second-order valence-corrected chi connectivity index (χ2v) is 7.75. The van der Waals surface area contributed by atoms with Gasteiger partial charge < -0.3 is 9.47 Å². The highest BCUT2D eigenvalue weighted by atomic mass is 19.1. The predicted octanol–water partition coefficient (Wildman–Crippen LogP) is 2.74. The molecule has 0 amide bonds. The van der Waals surface area contributed by atoms with Gasteiger partial charge in [-0.05, 0) is 36.8 Å². The van der Waals surface area contributed by atoms with Gasteiger partial charge in [0.25, 0.3) is 0 Å². The summed E-state index contributed by atoms with van der Waals surface area (Å²) in [5, 5.41) is 21.1. The second-order valence-electron chi connectivity index (χ2n) is 7.75. The van der Waals surface area contributed by atoms with E-state index in [0.29, 0.717) is 31.7 Å². The molecule has 1 aliphatic heterocycles. The van der Waals surface area contributed by atoms with E-state index >= 15 is 0 Å². The van der Waals surface area contributed by atoms with Crippen LogP contribution in [-0.4, -0.2) is 45.6 Å². The van der Waals surface area contributed by atoms with E-state index in [1.807, 2.05) is 13.0 Å². The van der Waals surface area contributed by atoms with E-state index in [1.54, 1.807) is 23.1 Å². The Kier molecular flexibility index (Phi) is 5.59. The molecule has 0 aliphatic carbocycles. The number of halogens is 1. The molecule has 164 valence electrons. The van der Waals surface area contributed by atoms with E-state index < -0.39 is 16.2 Å². The molecule has 3 aromatic rings. The van der Waals surface area contributed by atoms with Crippen LogP contribution in [0.25, 0.3) is 11.0 Å². The van der Waals surface area contributed by atoms with E-state index in [0.717, 1.165) is 5.56 Å². The van der Waals surface area contributed by atoms with Gasteiger partial charge in [0, 0.05) is 39.3 Å². The molecule has 0 unspecified atom stereocenters. The van der Waals surface area contributed by atoms with Crippen LogP contribution in [0.5, 0.6) is 0 Å². The number of piperazine rings is 1. The van der Waals surface area contributed by atoms with Crippen molar-refractivity contribution < 1.29 is 9.31 Å². The maximum absolute atomic E-state index is 13.2. The monoisotopic (exact) mass is 436 g/mol. The number of nitro groups is 1. The molecule has 10 heteroatoms. The molecule has 4 rings (SSSR count). The predicted molar refractivity (Wildman–Crippen MR) is 117 cm³/mol. The van der Waals surface area contributed by atoms with Crippen molar-refractivity contribution in [2.45, 2.75) is 13.0 Å². The fraction of sp³-hybridized carbons (Fsp3) is 0.318. The van der Waals surface area contributed by atoms with Crippen LogP contribution >= 0.6 is 0 Å². The average molecular weight is 436 g/mol. The smallest absolute Gasteiger partial charge is 0.359 e.